The van der Waals surface area contributed by atoms with E-state index in [9.17, 15) is 4.79 Å². The first-order chi connectivity index (χ1) is 11.7. The van der Waals surface area contributed by atoms with Gasteiger partial charge in [0.15, 0.2) is 0 Å². The second-order valence-electron chi connectivity index (χ2n) is 5.64. The van der Waals surface area contributed by atoms with E-state index in [0.29, 0.717) is 26.1 Å². The normalized spacial score (nSPS) is 10.4. The van der Waals surface area contributed by atoms with Gasteiger partial charge in [0, 0.05) is 26.6 Å². The molecule has 0 atom stereocenters. The smallest absolute Gasteiger partial charge is 0.223 e. The number of hydrogen-bond acceptors (Lipinski definition) is 3. The van der Waals surface area contributed by atoms with Crippen LogP contribution in [0.1, 0.15) is 17.5 Å². The predicted octanol–water partition coefficient (Wildman–Crippen LogP) is 3.30. The van der Waals surface area contributed by atoms with E-state index in [4.69, 9.17) is 9.47 Å². The number of ether oxygens (including phenoxy) is 2. The van der Waals surface area contributed by atoms with Crippen molar-refractivity contribution in [3.05, 3.63) is 65.7 Å². The monoisotopic (exact) mass is 327 g/mol. The summed E-state index contributed by atoms with van der Waals surface area (Å²) in [5.41, 5.74) is 2.27. The van der Waals surface area contributed by atoms with Gasteiger partial charge in [-0.2, -0.15) is 0 Å². The second kappa shape index (κ2) is 9.73. The van der Waals surface area contributed by atoms with Gasteiger partial charge in [0.25, 0.3) is 0 Å². The Morgan fingerprint density at radius 1 is 0.958 bits per heavy atom. The van der Waals surface area contributed by atoms with Crippen molar-refractivity contribution >= 4 is 5.91 Å². The molecule has 4 nitrogen and oxygen atoms in total. The van der Waals surface area contributed by atoms with Gasteiger partial charge < -0.3 is 14.4 Å². The molecule has 4 heteroatoms. The van der Waals surface area contributed by atoms with Gasteiger partial charge in [-0.05, 0) is 29.7 Å². The van der Waals surface area contributed by atoms with Crippen LogP contribution >= 0.6 is 0 Å². The molecular weight excluding hydrogens is 302 g/mol. The maximum absolute atomic E-state index is 12.6. The minimum Gasteiger partial charge on any atom is -0.497 e. The Morgan fingerprint density at radius 2 is 1.67 bits per heavy atom. The molecule has 2 rings (SSSR count). The molecule has 0 radical (unpaired) electrons. The summed E-state index contributed by atoms with van der Waals surface area (Å²) >= 11 is 0. The Hall–Kier alpha value is -2.33. The molecule has 128 valence electrons. The molecule has 0 aliphatic heterocycles. The fraction of sp³-hybridized carbons (Fsp3) is 0.350. The van der Waals surface area contributed by atoms with Gasteiger partial charge in [-0.15, -0.1) is 0 Å². The van der Waals surface area contributed by atoms with Crippen molar-refractivity contribution in [2.45, 2.75) is 19.4 Å². The third-order valence-corrected chi connectivity index (χ3v) is 3.92. The van der Waals surface area contributed by atoms with Gasteiger partial charge in [-0.25, -0.2) is 0 Å². The summed E-state index contributed by atoms with van der Waals surface area (Å²) in [7, 11) is 3.30. The number of hydrogen-bond donors (Lipinski definition) is 0. The molecule has 0 unspecified atom stereocenters. The van der Waals surface area contributed by atoms with Crippen molar-refractivity contribution in [1.82, 2.24) is 4.90 Å². The molecule has 0 N–H and O–H groups in total. The average molecular weight is 327 g/mol. The SMILES string of the molecule is COCCN(Cc1ccccc1)C(=O)CCc1ccc(OC)cc1. The number of amides is 1. The first-order valence-corrected chi connectivity index (χ1v) is 8.16. The zero-order chi connectivity index (χ0) is 17.2. The summed E-state index contributed by atoms with van der Waals surface area (Å²) in [4.78, 5) is 14.5. The Morgan fingerprint density at radius 3 is 2.29 bits per heavy atom. The lowest BCUT2D eigenvalue weighted by Crippen LogP contribution is -2.33. The molecule has 2 aromatic rings. The van der Waals surface area contributed by atoms with Crippen molar-refractivity contribution < 1.29 is 14.3 Å². The summed E-state index contributed by atoms with van der Waals surface area (Å²) in [5.74, 6) is 0.975. The number of aryl methyl sites for hydroxylation is 1. The van der Waals surface area contributed by atoms with Crippen LogP contribution in [0.5, 0.6) is 5.75 Å². The predicted molar refractivity (Wildman–Crippen MR) is 95.1 cm³/mol. The van der Waals surface area contributed by atoms with E-state index in [1.54, 1.807) is 14.2 Å². The summed E-state index contributed by atoms with van der Waals surface area (Å²) in [6.45, 7) is 1.76. The first-order valence-electron chi connectivity index (χ1n) is 8.16. The highest BCUT2D eigenvalue weighted by Crippen LogP contribution is 2.14. The highest BCUT2D eigenvalue weighted by molar-refractivity contribution is 5.76. The third-order valence-electron chi connectivity index (χ3n) is 3.92. The van der Waals surface area contributed by atoms with Crippen molar-refractivity contribution in [1.29, 1.82) is 0 Å². The lowest BCUT2D eigenvalue weighted by atomic mass is 10.1. The maximum Gasteiger partial charge on any atom is 0.223 e. The van der Waals surface area contributed by atoms with Gasteiger partial charge in [-0.3, -0.25) is 4.79 Å². The summed E-state index contributed by atoms with van der Waals surface area (Å²) in [6.07, 6.45) is 1.21. The van der Waals surface area contributed by atoms with Crippen LogP contribution in [0.2, 0.25) is 0 Å². The van der Waals surface area contributed by atoms with Crippen LogP contribution in [0.4, 0.5) is 0 Å². The number of nitrogens with zero attached hydrogens (tertiary/aromatic N) is 1. The lowest BCUT2D eigenvalue weighted by Gasteiger charge is -2.22. The van der Waals surface area contributed by atoms with E-state index in [0.717, 1.165) is 23.3 Å². The van der Waals surface area contributed by atoms with Gasteiger partial charge in [0.1, 0.15) is 5.75 Å². The van der Waals surface area contributed by atoms with Crippen molar-refractivity contribution in [3.8, 4) is 5.75 Å². The standard InChI is InChI=1S/C20H25NO3/c1-23-15-14-21(16-18-6-4-3-5-7-18)20(22)13-10-17-8-11-19(24-2)12-9-17/h3-9,11-12H,10,13-16H2,1-2H3. The average Bonchev–Trinajstić information content (AvgIpc) is 2.64. The van der Waals surface area contributed by atoms with Crippen molar-refractivity contribution in [3.63, 3.8) is 0 Å². The molecular formula is C20H25NO3. The first kappa shape index (κ1) is 18.0. The minimum absolute atomic E-state index is 0.145. The van der Waals surface area contributed by atoms with E-state index in [1.807, 2.05) is 59.5 Å². The number of methoxy groups -OCH3 is 2. The van der Waals surface area contributed by atoms with E-state index in [1.165, 1.54) is 0 Å². The van der Waals surface area contributed by atoms with Crippen LogP contribution in [0.25, 0.3) is 0 Å². The summed E-state index contributed by atoms with van der Waals surface area (Å²) in [5, 5.41) is 0. The zero-order valence-corrected chi connectivity index (χ0v) is 14.4. The molecule has 0 fully saturated rings. The summed E-state index contributed by atoms with van der Waals surface area (Å²) < 4.78 is 10.3. The molecule has 24 heavy (non-hydrogen) atoms. The highest BCUT2D eigenvalue weighted by atomic mass is 16.5. The molecule has 0 bridgehead atoms. The van der Waals surface area contributed by atoms with Crippen molar-refractivity contribution in [2.75, 3.05) is 27.4 Å². The third kappa shape index (κ3) is 5.70. The largest absolute Gasteiger partial charge is 0.497 e. The fourth-order valence-electron chi connectivity index (χ4n) is 2.50. The summed E-state index contributed by atoms with van der Waals surface area (Å²) in [6, 6.07) is 17.9. The molecule has 0 spiro atoms. The van der Waals surface area contributed by atoms with Crippen molar-refractivity contribution in [2.24, 2.45) is 0 Å². The lowest BCUT2D eigenvalue weighted by molar-refractivity contribution is -0.132. The van der Waals surface area contributed by atoms with Crippen LogP contribution in [-0.4, -0.2) is 38.2 Å². The van der Waals surface area contributed by atoms with Crippen LogP contribution in [0.3, 0.4) is 0 Å². The molecule has 2 aromatic carbocycles. The molecule has 0 aliphatic rings. The number of benzene rings is 2. The zero-order valence-electron chi connectivity index (χ0n) is 14.4. The topological polar surface area (TPSA) is 38.8 Å². The Kier molecular flexibility index (Phi) is 7.30. The quantitative estimate of drug-likeness (QED) is 0.709. The molecule has 0 saturated heterocycles. The van der Waals surface area contributed by atoms with E-state index >= 15 is 0 Å². The molecule has 0 saturated carbocycles. The Labute approximate surface area is 144 Å². The molecule has 1 amide bonds. The van der Waals surface area contributed by atoms with Crippen LogP contribution in [0, 0.1) is 0 Å². The Balaban J connectivity index is 1.93. The molecule has 0 aromatic heterocycles. The molecule has 0 aliphatic carbocycles. The van der Waals surface area contributed by atoms with Gasteiger partial charge in [0.2, 0.25) is 5.91 Å². The van der Waals surface area contributed by atoms with Crippen LogP contribution < -0.4 is 4.74 Å². The van der Waals surface area contributed by atoms with Crippen LogP contribution in [0.15, 0.2) is 54.6 Å². The maximum atomic E-state index is 12.6. The minimum atomic E-state index is 0.145. The fourth-order valence-corrected chi connectivity index (χ4v) is 2.50. The van der Waals surface area contributed by atoms with Crippen LogP contribution in [-0.2, 0) is 22.5 Å². The van der Waals surface area contributed by atoms with Gasteiger partial charge >= 0.3 is 0 Å². The number of carbonyl (C=O) groups excluding carboxylic acids is 1. The second-order valence-corrected chi connectivity index (χ2v) is 5.64. The van der Waals surface area contributed by atoms with E-state index in [2.05, 4.69) is 0 Å². The number of rotatable bonds is 9. The van der Waals surface area contributed by atoms with E-state index < -0.39 is 0 Å². The Bertz CT molecular complexity index is 611. The van der Waals surface area contributed by atoms with Gasteiger partial charge in [0.05, 0.1) is 13.7 Å². The molecule has 0 heterocycles. The number of carbonyl (C=O) groups is 1. The van der Waals surface area contributed by atoms with Gasteiger partial charge in [-0.1, -0.05) is 42.5 Å². The highest BCUT2D eigenvalue weighted by Gasteiger charge is 2.13. The van der Waals surface area contributed by atoms with E-state index in [-0.39, 0.29) is 5.91 Å².